The molecule has 0 atom stereocenters. The van der Waals surface area contributed by atoms with Crippen LogP contribution in [-0.4, -0.2) is 20.6 Å². The number of nitrogens with zero attached hydrogens (tertiary/aromatic N) is 2. The molecule has 0 aliphatic rings. The maximum atomic E-state index is 13.3. The van der Waals surface area contributed by atoms with Gasteiger partial charge in [-0.1, -0.05) is 0 Å². The number of hydrogen-bond acceptors (Lipinski definition) is 2. The van der Waals surface area contributed by atoms with Crippen LogP contribution in [0.2, 0.25) is 0 Å². The van der Waals surface area contributed by atoms with Crippen molar-refractivity contribution < 1.29 is 14.3 Å². The van der Waals surface area contributed by atoms with E-state index in [2.05, 4.69) is 4.98 Å². The van der Waals surface area contributed by atoms with Crippen LogP contribution in [0, 0.1) is 19.7 Å². The van der Waals surface area contributed by atoms with Crippen molar-refractivity contribution in [3.05, 3.63) is 59.2 Å². The molecule has 0 radical (unpaired) electrons. The van der Waals surface area contributed by atoms with Gasteiger partial charge >= 0.3 is 5.97 Å². The Labute approximate surface area is 120 Å². The highest BCUT2D eigenvalue weighted by atomic mass is 19.1. The molecule has 1 N–H and O–H groups in total. The Balaban J connectivity index is 2.32. The molecule has 0 aliphatic carbocycles. The highest BCUT2D eigenvalue weighted by Gasteiger charge is 2.13. The zero-order chi connectivity index (χ0) is 15.1. The Hall–Kier alpha value is -2.69. The van der Waals surface area contributed by atoms with Crippen LogP contribution in [0.1, 0.15) is 21.7 Å². The van der Waals surface area contributed by atoms with E-state index >= 15 is 0 Å². The standard InChI is InChI=1S/C16H13FN2O2/c1-9-7-12(17)4-6-14(9)19-10(2)18-13-5-3-11(16(20)21)8-15(13)19/h3-8H,1-2H3,(H,20,21). The Bertz CT molecular complexity index is 868. The molecule has 3 rings (SSSR count). The summed E-state index contributed by atoms with van der Waals surface area (Å²) in [5.41, 5.74) is 3.16. The summed E-state index contributed by atoms with van der Waals surface area (Å²) in [6.07, 6.45) is 0. The number of aromatic nitrogens is 2. The molecule has 0 spiro atoms. The summed E-state index contributed by atoms with van der Waals surface area (Å²) in [6, 6.07) is 9.29. The first-order valence-electron chi connectivity index (χ1n) is 6.46. The Morgan fingerprint density at radius 2 is 1.95 bits per heavy atom. The zero-order valence-corrected chi connectivity index (χ0v) is 11.6. The van der Waals surface area contributed by atoms with Crippen molar-refractivity contribution in [1.82, 2.24) is 9.55 Å². The van der Waals surface area contributed by atoms with Gasteiger partial charge in [-0.3, -0.25) is 4.57 Å². The number of aromatic carboxylic acids is 1. The number of fused-ring (bicyclic) bond motifs is 1. The predicted molar refractivity (Wildman–Crippen MR) is 77.5 cm³/mol. The van der Waals surface area contributed by atoms with Crippen LogP contribution in [0.25, 0.3) is 16.7 Å². The first kappa shape index (κ1) is 13.3. The van der Waals surface area contributed by atoms with Crippen LogP contribution >= 0.6 is 0 Å². The van der Waals surface area contributed by atoms with E-state index in [-0.39, 0.29) is 11.4 Å². The van der Waals surface area contributed by atoms with E-state index in [9.17, 15) is 9.18 Å². The van der Waals surface area contributed by atoms with E-state index < -0.39 is 5.97 Å². The maximum absolute atomic E-state index is 13.3. The lowest BCUT2D eigenvalue weighted by molar-refractivity contribution is 0.0697. The van der Waals surface area contributed by atoms with Crippen molar-refractivity contribution in [3.63, 3.8) is 0 Å². The van der Waals surface area contributed by atoms with Gasteiger partial charge in [-0.05, 0) is 55.8 Å². The van der Waals surface area contributed by atoms with Crippen LogP contribution in [-0.2, 0) is 0 Å². The Morgan fingerprint density at radius 3 is 2.62 bits per heavy atom. The third-order valence-corrected chi connectivity index (χ3v) is 3.47. The molecule has 4 nitrogen and oxygen atoms in total. The molecule has 2 aromatic carbocycles. The van der Waals surface area contributed by atoms with E-state index in [1.165, 1.54) is 18.2 Å². The summed E-state index contributed by atoms with van der Waals surface area (Å²) in [7, 11) is 0. The highest BCUT2D eigenvalue weighted by Crippen LogP contribution is 2.25. The average molecular weight is 284 g/mol. The number of benzene rings is 2. The Kier molecular flexibility index (Phi) is 2.97. The molecule has 0 unspecified atom stereocenters. The van der Waals surface area contributed by atoms with Crippen molar-refractivity contribution in [1.29, 1.82) is 0 Å². The molecule has 0 saturated heterocycles. The van der Waals surface area contributed by atoms with E-state index in [0.29, 0.717) is 11.0 Å². The lowest BCUT2D eigenvalue weighted by Crippen LogP contribution is -2.01. The maximum Gasteiger partial charge on any atom is 0.335 e. The van der Waals surface area contributed by atoms with Gasteiger partial charge in [0.2, 0.25) is 0 Å². The van der Waals surface area contributed by atoms with Gasteiger partial charge in [0, 0.05) is 0 Å². The first-order chi connectivity index (χ1) is 9.97. The first-order valence-corrected chi connectivity index (χ1v) is 6.46. The predicted octanol–water partition coefficient (Wildman–Crippen LogP) is 3.48. The summed E-state index contributed by atoms with van der Waals surface area (Å²) >= 11 is 0. The number of rotatable bonds is 2. The average Bonchev–Trinajstić information content (AvgIpc) is 2.74. The molecule has 1 aromatic heterocycles. The molecular formula is C16H13FN2O2. The number of imidazole rings is 1. The van der Waals surface area contributed by atoms with Crippen molar-refractivity contribution in [3.8, 4) is 5.69 Å². The van der Waals surface area contributed by atoms with Crippen LogP contribution in [0.3, 0.4) is 0 Å². The number of halogens is 1. The van der Waals surface area contributed by atoms with Gasteiger partial charge in [0.15, 0.2) is 0 Å². The van der Waals surface area contributed by atoms with Crippen LogP contribution in [0.4, 0.5) is 4.39 Å². The number of hydrogen-bond donors (Lipinski definition) is 1. The minimum absolute atomic E-state index is 0.198. The Morgan fingerprint density at radius 1 is 1.19 bits per heavy atom. The fourth-order valence-electron chi connectivity index (χ4n) is 2.50. The van der Waals surface area contributed by atoms with Crippen LogP contribution in [0.15, 0.2) is 36.4 Å². The smallest absolute Gasteiger partial charge is 0.335 e. The van der Waals surface area contributed by atoms with Gasteiger partial charge in [-0.25, -0.2) is 14.2 Å². The lowest BCUT2D eigenvalue weighted by atomic mass is 10.1. The third-order valence-electron chi connectivity index (χ3n) is 3.47. The second-order valence-corrected chi connectivity index (χ2v) is 4.93. The minimum atomic E-state index is -0.988. The van der Waals surface area contributed by atoms with Crippen LogP contribution in [0.5, 0.6) is 0 Å². The third kappa shape index (κ3) is 2.16. The summed E-state index contributed by atoms with van der Waals surface area (Å²) < 4.78 is 15.1. The van der Waals surface area contributed by atoms with E-state index in [1.807, 2.05) is 18.4 Å². The molecule has 0 aliphatic heterocycles. The molecule has 0 saturated carbocycles. The molecule has 1 heterocycles. The van der Waals surface area contributed by atoms with Crippen molar-refractivity contribution in [2.45, 2.75) is 13.8 Å². The number of aryl methyl sites for hydroxylation is 2. The minimum Gasteiger partial charge on any atom is -0.478 e. The summed E-state index contributed by atoms with van der Waals surface area (Å²) in [5, 5.41) is 9.12. The van der Waals surface area contributed by atoms with E-state index in [4.69, 9.17) is 5.11 Å². The van der Waals surface area contributed by atoms with E-state index in [0.717, 1.165) is 17.1 Å². The molecule has 0 fully saturated rings. The SMILES string of the molecule is Cc1cc(F)ccc1-n1c(C)nc2ccc(C(=O)O)cc21. The van der Waals surface area contributed by atoms with Gasteiger partial charge < -0.3 is 5.11 Å². The number of carboxylic acid groups (broad SMARTS) is 1. The van der Waals surface area contributed by atoms with Crippen molar-refractivity contribution >= 4 is 17.0 Å². The molecule has 0 amide bonds. The second kappa shape index (κ2) is 4.70. The van der Waals surface area contributed by atoms with E-state index in [1.54, 1.807) is 18.2 Å². The van der Waals surface area contributed by atoms with Gasteiger partial charge in [0.25, 0.3) is 0 Å². The summed E-state index contributed by atoms with van der Waals surface area (Å²) in [6.45, 7) is 3.65. The van der Waals surface area contributed by atoms with Gasteiger partial charge in [0.1, 0.15) is 11.6 Å². The molecule has 21 heavy (non-hydrogen) atoms. The lowest BCUT2D eigenvalue weighted by Gasteiger charge is -2.10. The van der Waals surface area contributed by atoms with Crippen molar-refractivity contribution in [2.24, 2.45) is 0 Å². The highest BCUT2D eigenvalue weighted by molar-refractivity contribution is 5.93. The molecule has 3 aromatic rings. The summed E-state index contributed by atoms with van der Waals surface area (Å²) in [4.78, 5) is 15.6. The largest absolute Gasteiger partial charge is 0.478 e. The quantitative estimate of drug-likeness (QED) is 0.783. The zero-order valence-electron chi connectivity index (χ0n) is 11.6. The number of carboxylic acids is 1. The molecular weight excluding hydrogens is 271 g/mol. The topological polar surface area (TPSA) is 55.1 Å². The number of carbonyl (C=O) groups is 1. The molecule has 106 valence electrons. The van der Waals surface area contributed by atoms with Gasteiger partial charge in [-0.15, -0.1) is 0 Å². The normalized spacial score (nSPS) is 11.0. The monoisotopic (exact) mass is 284 g/mol. The van der Waals surface area contributed by atoms with Gasteiger partial charge in [0.05, 0.1) is 22.3 Å². The molecule has 0 bridgehead atoms. The second-order valence-electron chi connectivity index (χ2n) is 4.93. The molecule has 5 heteroatoms. The van der Waals surface area contributed by atoms with Gasteiger partial charge in [-0.2, -0.15) is 0 Å². The van der Waals surface area contributed by atoms with Crippen LogP contribution < -0.4 is 0 Å². The van der Waals surface area contributed by atoms with Crippen molar-refractivity contribution in [2.75, 3.05) is 0 Å². The fourth-order valence-corrected chi connectivity index (χ4v) is 2.50. The fraction of sp³-hybridized carbons (Fsp3) is 0.125. The summed E-state index contributed by atoms with van der Waals surface area (Å²) in [5.74, 6) is -0.565.